The minimum absolute atomic E-state index is 0.120. The molecule has 0 radical (unpaired) electrons. The van der Waals surface area contributed by atoms with Crippen LogP contribution in [0.25, 0.3) is 71.0 Å². The molecule has 0 bridgehead atoms. The molecule has 0 saturated heterocycles. The van der Waals surface area contributed by atoms with Gasteiger partial charge in [0.2, 0.25) is 0 Å². The molecule has 8 rings (SSSR count). The van der Waals surface area contributed by atoms with Crippen LogP contribution in [0.15, 0.2) is 103 Å². The second-order valence-corrected chi connectivity index (χ2v) is 12.9. The molecule has 0 spiro atoms. The number of aryl methyl sites for hydroxylation is 4. The van der Waals surface area contributed by atoms with Gasteiger partial charge in [0.1, 0.15) is 11.6 Å². The Balaban J connectivity index is 1.66. The maximum atomic E-state index is 14.8. The molecule has 0 aliphatic carbocycles. The average molecular weight is 659 g/mol. The quantitative estimate of drug-likeness (QED) is 0.174. The molecule has 0 aliphatic heterocycles. The Bertz CT molecular complexity index is 2550. The smallest absolute Gasteiger partial charge is 0.307 e. The molecule has 242 valence electrons. The van der Waals surface area contributed by atoms with Gasteiger partial charge >= 0.3 is 6.18 Å². The van der Waals surface area contributed by atoms with Gasteiger partial charge in [-0.15, -0.1) is 0 Å². The molecule has 0 unspecified atom stereocenters. The molecule has 6 aromatic carbocycles. The Morgan fingerprint density at radius 1 is 0.600 bits per heavy atom. The fraction of sp³-hybridized carbons (Fsp3) is 0.116. The van der Waals surface area contributed by atoms with Crippen molar-refractivity contribution in [3.63, 3.8) is 0 Å². The Kier molecular flexibility index (Phi) is 6.89. The summed E-state index contributed by atoms with van der Waals surface area (Å²) in [6.45, 7) is 15.9. The third kappa shape index (κ3) is 4.37. The van der Waals surface area contributed by atoms with Crippen LogP contribution in [0.3, 0.4) is 0 Å². The summed E-state index contributed by atoms with van der Waals surface area (Å²) in [6.07, 6.45) is -4.73. The second kappa shape index (κ2) is 11.1. The van der Waals surface area contributed by atoms with Crippen LogP contribution in [0.2, 0.25) is 0 Å². The van der Waals surface area contributed by atoms with Crippen molar-refractivity contribution in [3.05, 3.63) is 148 Å². The van der Waals surface area contributed by atoms with Crippen molar-refractivity contribution in [3.8, 4) is 28.6 Å². The van der Waals surface area contributed by atoms with E-state index in [0.717, 1.165) is 71.9 Å². The van der Waals surface area contributed by atoms with E-state index in [1.807, 2.05) is 110 Å². The van der Waals surface area contributed by atoms with E-state index in [1.165, 1.54) is 12.1 Å². The predicted molar refractivity (Wildman–Crippen MR) is 195 cm³/mol. The zero-order valence-corrected chi connectivity index (χ0v) is 27.7. The van der Waals surface area contributed by atoms with Crippen LogP contribution < -0.4 is 0 Å². The van der Waals surface area contributed by atoms with Gasteiger partial charge in [-0.3, -0.25) is 0 Å². The molecule has 0 saturated carbocycles. The van der Waals surface area contributed by atoms with Gasteiger partial charge in [-0.2, -0.15) is 18.4 Å². The summed E-state index contributed by atoms with van der Waals surface area (Å²) in [4.78, 5) is 3.58. The van der Waals surface area contributed by atoms with Gasteiger partial charge in [0, 0.05) is 21.5 Å². The first-order valence-electron chi connectivity index (χ1n) is 16.2. The summed E-state index contributed by atoms with van der Waals surface area (Å²) in [5, 5.41) is 15.1. The fourth-order valence-electron chi connectivity index (χ4n) is 7.79. The summed E-state index contributed by atoms with van der Waals surface area (Å²) in [5.74, 6) is 0. The number of nitriles is 1. The zero-order chi connectivity index (χ0) is 35.1. The predicted octanol–water partition coefficient (Wildman–Crippen LogP) is 12.2. The molecule has 2 heterocycles. The molecule has 0 atom stereocenters. The van der Waals surface area contributed by atoms with E-state index >= 15 is 0 Å². The monoisotopic (exact) mass is 658 g/mol. The summed E-state index contributed by atoms with van der Waals surface area (Å²) in [5.41, 5.74) is 7.40. The number of rotatable bonds is 3. The van der Waals surface area contributed by atoms with Gasteiger partial charge in [-0.25, -0.2) is 4.85 Å². The molecule has 0 fully saturated rings. The van der Waals surface area contributed by atoms with E-state index in [-0.39, 0.29) is 16.8 Å². The van der Waals surface area contributed by atoms with Crippen LogP contribution in [-0.4, -0.2) is 9.13 Å². The fourth-order valence-corrected chi connectivity index (χ4v) is 7.79. The minimum Gasteiger partial charge on any atom is -0.307 e. The second-order valence-electron chi connectivity index (χ2n) is 12.9. The average Bonchev–Trinajstić information content (AvgIpc) is 3.63. The summed E-state index contributed by atoms with van der Waals surface area (Å²) < 4.78 is 48.5. The molecular formula is C43H29F3N4. The van der Waals surface area contributed by atoms with Gasteiger partial charge in [0.15, 0.2) is 5.69 Å². The van der Waals surface area contributed by atoms with E-state index in [0.29, 0.717) is 16.9 Å². The molecule has 8 aromatic rings. The highest BCUT2D eigenvalue weighted by Crippen LogP contribution is 2.47. The number of fused-ring (bicyclic) bond motifs is 6. The lowest BCUT2D eigenvalue weighted by molar-refractivity contribution is -0.137. The molecule has 7 heteroatoms. The van der Waals surface area contributed by atoms with Gasteiger partial charge in [-0.05, 0) is 73.2 Å². The Morgan fingerprint density at radius 3 is 1.32 bits per heavy atom. The summed E-state index contributed by atoms with van der Waals surface area (Å²) in [7, 11) is 0. The van der Waals surface area contributed by atoms with Gasteiger partial charge in [-0.1, -0.05) is 91.0 Å². The van der Waals surface area contributed by atoms with Crippen LogP contribution in [0.4, 0.5) is 18.9 Å². The number of aromatic nitrogens is 2. The van der Waals surface area contributed by atoms with Crippen LogP contribution in [0, 0.1) is 45.6 Å². The van der Waals surface area contributed by atoms with Crippen LogP contribution in [-0.2, 0) is 6.18 Å². The number of halogens is 3. The summed E-state index contributed by atoms with van der Waals surface area (Å²) in [6, 6.07) is 33.6. The topological polar surface area (TPSA) is 38.0 Å². The highest BCUT2D eigenvalue weighted by atomic mass is 19.4. The van der Waals surface area contributed by atoms with Gasteiger partial charge in [0.25, 0.3) is 0 Å². The molecule has 0 N–H and O–H groups in total. The number of nitrogens with zero attached hydrogens (tertiary/aromatic N) is 4. The lowest BCUT2D eigenvalue weighted by atomic mass is 9.94. The highest BCUT2D eigenvalue weighted by molar-refractivity contribution is 6.13. The summed E-state index contributed by atoms with van der Waals surface area (Å²) >= 11 is 0. The van der Waals surface area contributed by atoms with E-state index in [2.05, 4.69) is 10.9 Å². The Hall–Kier alpha value is -6.31. The van der Waals surface area contributed by atoms with Crippen molar-refractivity contribution < 1.29 is 13.2 Å². The third-order valence-electron chi connectivity index (χ3n) is 9.87. The standard InChI is InChI=1S/C43H29F3N4/c1-24-11-6-15-29-30-16-7-12-25(2)40(30)49(39(24)29)36-21-28(38-34(43(44,45)46)19-10-20-35(38)48-5)22-37(33(36)23-47)50-41-26(3)13-8-17-31(41)32-18-9-14-27(4)42(32)50/h6-22H,1-4H3. The van der Waals surface area contributed by atoms with Crippen molar-refractivity contribution in [2.45, 2.75) is 33.9 Å². The Labute approximate surface area is 286 Å². The van der Waals surface area contributed by atoms with Crippen molar-refractivity contribution in [2.24, 2.45) is 0 Å². The number of hydrogen-bond acceptors (Lipinski definition) is 1. The van der Waals surface area contributed by atoms with Crippen molar-refractivity contribution in [1.82, 2.24) is 9.13 Å². The molecule has 0 amide bonds. The first kappa shape index (κ1) is 31.0. The van der Waals surface area contributed by atoms with E-state index < -0.39 is 11.7 Å². The molecule has 0 aliphatic rings. The lowest BCUT2D eigenvalue weighted by Gasteiger charge is -2.22. The third-order valence-corrected chi connectivity index (χ3v) is 9.87. The van der Waals surface area contributed by atoms with Crippen molar-refractivity contribution in [1.29, 1.82) is 5.26 Å². The number of benzene rings is 6. The number of para-hydroxylation sites is 4. The van der Waals surface area contributed by atoms with E-state index in [9.17, 15) is 18.4 Å². The van der Waals surface area contributed by atoms with Crippen LogP contribution >= 0.6 is 0 Å². The number of hydrogen-bond donors (Lipinski definition) is 0. The van der Waals surface area contributed by atoms with E-state index in [1.54, 1.807) is 12.1 Å². The van der Waals surface area contributed by atoms with Gasteiger partial charge < -0.3 is 9.13 Å². The normalized spacial score (nSPS) is 11.9. The highest BCUT2D eigenvalue weighted by Gasteiger charge is 2.35. The van der Waals surface area contributed by atoms with Gasteiger partial charge in [0.05, 0.1) is 45.6 Å². The maximum absolute atomic E-state index is 14.8. The van der Waals surface area contributed by atoms with Crippen LogP contribution in [0.5, 0.6) is 0 Å². The van der Waals surface area contributed by atoms with Crippen molar-refractivity contribution >= 4 is 49.3 Å². The van der Waals surface area contributed by atoms with Crippen LogP contribution in [0.1, 0.15) is 33.4 Å². The minimum atomic E-state index is -4.73. The molecule has 50 heavy (non-hydrogen) atoms. The first-order chi connectivity index (χ1) is 24.0. The maximum Gasteiger partial charge on any atom is 0.415 e. The molecule has 2 aromatic heterocycles. The van der Waals surface area contributed by atoms with Crippen molar-refractivity contribution in [2.75, 3.05) is 0 Å². The zero-order valence-electron chi connectivity index (χ0n) is 27.7. The lowest BCUT2D eigenvalue weighted by Crippen LogP contribution is -2.09. The largest absolute Gasteiger partial charge is 0.415 e. The Morgan fingerprint density at radius 2 is 0.980 bits per heavy atom. The molecule has 4 nitrogen and oxygen atoms in total. The molecular weight excluding hydrogens is 629 g/mol. The van der Waals surface area contributed by atoms with E-state index in [4.69, 9.17) is 6.57 Å². The first-order valence-corrected chi connectivity index (χ1v) is 16.2. The SMILES string of the molecule is [C-]#[N+]c1cccc(C(F)(F)F)c1-c1cc(-n2c3c(C)cccc3c3cccc(C)c32)c(C#N)c(-n2c3c(C)cccc3c3cccc(C)c32)c1. The number of alkyl halides is 3.